The van der Waals surface area contributed by atoms with Crippen LogP contribution < -0.4 is 5.32 Å². The number of amides is 3. The maximum atomic E-state index is 14.2. The highest BCUT2D eigenvalue weighted by Gasteiger charge is 2.47. The molecule has 4 atom stereocenters. The van der Waals surface area contributed by atoms with Gasteiger partial charge in [-0.1, -0.05) is 6.07 Å². The number of hydrogen-bond acceptors (Lipinski definition) is 7. The van der Waals surface area contributed by atoms with Gasteiger partial charge in [-0.15, -0.1) is 11.3 Å². The molecule has 3 N–H and O–H groups in total. The lowest BCUT2D eigenvalue weighted by molar-refractivity contribution is -0.148. The van der Waals surface area contributed by atoms with Gasteiger partial charge in [0.2, 0.25) is 17.7 Å². The highest BCUT2D eigenvalue weighted by molar-refractivity contribution is 7.51. The van der Waals surface area contributed by atoms with E-state index in [4.69, 9.17) is 0 Å². The molecule has 11 nitrogen and oxygen atoms in total. The summed E-state index contributed by atoms with van der Waals surface area (Å²) in [6, 6.07) is 8.08. The standard InChI is InChI=1S/C29H29FN5O6PS/c30-26(42(39,40)41)16-4-7-24-17(10-16)11-25(43-24)27(36)33-22-3-1-2-20-5-6-23(35(20)28(22)37)29(38)34-14-19(15-34)21-8-9-32-13-18(21)12-31/h4,7-11,13,19-20,22-23,26H,1-3,5-6,14-15H2,(H,33,36)(H2,39,40,41)/t20-,22-,23-,26?/m0/s1. The van der Waals surface area contributed by atoms with Crippen LogP contribution in [0.3, 0.4) is 0 Å². The Morgan fingerprint density at radius 2 is 1.95 bits per heavy atom. The maximum Gasteiger partial charge on any atom is 0.363 e. The third-order valence-electron chi connectivity index (χ3n) is 8.62. The molecular weight excluding hydrogens is 596 g/mol. The van der Waals surface area contributed by atoms with Crippen LogP contribution in [-0.2, 0) is 14.2 Å². The molecule has 0 saturated carbocycles. The molecule has 5 heterocycles. The van der Waals surface area contributed by atoms with E-state index in [9.17, 15) is 38.4 Å². The Kier molecular flexibility index (Phi) is 7.81. The lowest BCUT2D eigenvalue weighted by Gasteiger charge is -2.42. The summed E-state index contributed by atoms with van der Waals surface area (Å²) in [4.78, 5) is 66.6. The van der Waals surface area contributed by atoms with Crippen molar-refractivity contribution in [3.05, 3.63) is 64.3 Å². The van der Waals surface area contributed by atoms with Gasteiger partial charge in [-0.05, 0) is 72.9 Å². The summed E-state index contributed by atoms with van der Waals surface area (Å²) in [7, 11) is -4.98. The molecule has 3 amide bonds. The molecule has 2 aromatic heterocycles. The van der Waals surface area contributed by atoms with Crippen molar-refractivity contribution in [1.82, 2.24) is 20.1 Å². The van der Waals surface area contributed by atoms with E-state index in [0.29, 0.717) is 54.4 Å². The molecule has 0 bridgehead atoms. The lowest BCUT2D eigenvalue weighted by Crippen LogP contribution is -2.58. The zero-order valence-corrected chi connectivity index (χ0v) is 24.6. The summed E-state index contributed by atoms with van der Waals surface area (Å²) < 4.78 is 26.2. The number of rotatable bonds is 6. The number of hydrogen-bond donors (Lipinski definition) is 3. The summed E-state index contributed by atoms with van der Waals surface area (Å²) in [6.07, 6.45) is 6.30. The smallest absolute Gasteiger partial charge is 0.340 e. The first-order valence-electron chi connectivity index (χ1n) is 14.0. The quantitative estimate of drug-likeness (QED) is 0.350. The van der Waals surface area contributed by atoms with Gasteiger partial charge >= 0.3 is 7.60 Å². The molecule has 0 spiro atoms. The molecule has 224 valence electrons. The fraction of sp³-hybridized carbons (Fsp3) is 0.414. The average Bonchev–Trinajstić information content (AvgIpc) is 3.55. The van der Waals surface area contributed by atoms with Crippen LogP contribution in [0.5, 0.6) is 0 Å². The van der Waals surface area contributed by atoms with Gasteiger partial charge in [0.1, 0.15) is 18.2 Å². The summed E-state index contributed by atoms with van der Waals surface area (Å²) in [5, 5.41) is 12.7. The molecule has 14 heteroatoms. The number of likely N-dealkylation sites (tertiary alicyclic amines) is 1. The van der Waals surface area contributed by atoms with E-state index in [2.05, 4.69) is 16.4 Å². The first-order valence-corrected chi connectivity index (χ1v) is 16.5. The van der Waals surface area contributed by atoms with E-state index >= 15 is 0 Å². The predicted octanol–water partition coefficient (Wildman–Crippen LogP) is 3.58. The van der Waals surface area contributed by atoms with Crippen molar-refractivity contribution in [2.75, 3.05) is 13.1 Å². The number of pyridine rings is 1. The molecular formula is C29H29FN5O6PS. The Bertz CT molecular complexity index is 1700. The number of nitriles is 1. The van der Waals surface area contributed by atoms with Crippen molar-refractivity contribution in [3.8, 4) is 6.07 Å². The van der Waals surface area contributed by atoms with Gasteiger partial charge in [-0.3, -0.25) is 23.9 Å². The second kappa shape index (κ2) is 11.4. The van der Waals surface area contributed by atoms with Gasteiger partial charge < -0.3 is 24.9 Å². The number of nitrogens with zero attached hydrogens (tertiary/aromatic N) is 4. The van der Waals surface area contributed by atoms with Crippen molar-refractivity contribution in [1.29, 1.82) is 5.26 Å². The molecule has 6 rings (SSSR count). The average molecular weight is 626 g/mol. The molecule has 1 unspecified atom stereocenters. The number of carbonyl (C=O) groups excluding carboxylic acids is 3. The third kappa shape index (κ3) is 5.56. The number of halogens is 1. The van der Waals surface area contributed by atoms with E-state index in [0.717, 1.165) is 23.3 Å². The van der Waals surface area contributed by atoms with Crippen LogP contribution in [0.4, 0.5) is 4.39 Å². The molecule has 43 heavy (non-hydrogen) atoms. The van der Waals surface area contributed by atoms with Crippen LogP contribution in [0.2, 0.25) is 0 Å². The number of thiophene rings is 1. The largest absolute Gasteiger partial charge is 0.363 e. The van der Waals surface area contributed by atoms with Crippen LogP contribution in [0.1, 0.15) is 70.3 Å². The number of alkyl halides is 1. The first-order chi connectivity index (χ1) is 20.5. The van der Waals surface area contributed by atoms with Gasteiger partial charge in [-0.2, -0.15) is 5.26 Å². The van der Waals surface area contributed by atoms with E-state index in [1.807, 2.05) is 0 Å². The van der Waals surface area contributed by atoms with Crippen LogP contribution in [0, 0.1) is 11.3 Å². The zero-order valence-electron chi connectivity index (χ0n) is 22.9. The van der Waals surface area contributed by atoms with Gasteiger partial charge in [0.15, 0.2) is 0 Å². The van der Waals surface area contributed by atoms with Gasteiger partial charge in [0, 0.05) is 42.1 Å². The Morgan fingerprint density at radius 1 is 1.16 bits per heavy atom. The van der Waals surface area contributed by atoms with E-state index in [1.165, 1.54) is 30.5 Å². The topological polar surface area (TPSA) is 164 Å². The van der Waals surface area contributed by atoms with Crippen molar-refractivity contribution in [2.24, 2.45) is 0 Å². The minimum absolute atomic E-state index is 0.0376. The number of aromatic nitrogens is 1. The highest BCUT2D eigenvalue weighted by Crippen LogP contribution is 2.53. The van der Waals surface area contributed by atoms with Crippen LogP contribution in [0.15, 0.2) is 42.7 Å². The number of benzene rings is 1. The van der Waals surface area contributed by atoms with Gasteiger partial charge in [0.05, 0.1) is 10.4 Å². The predicted molar refractivity (Wildman–Crippen MR) is 155 cm³/mol. The summed E-state index contributed by atoms with van der Waals surface area (Å²) in [5.41, 5.74) is 1.18. The molecule has 3 aliphatic rings. The first kappa shape index (κ1) is 29.4. The van der Waals surface area contributed by atoms with Gasteiger partial charge in [0.25, 0.3) is 5.91 Å². The Morgan fingerprint density at radius 3 is 2.70 bits per heavy atom. The fourth-order valence-electron chi connectivity index (χ4n) is 6.40. The fourth-order valence-corrected chi connectivity index (χ4v) is 7.90. The van der Waals surface area contributed by atoms with E-state index in [1.54, 1.807) is 22.1 Å². The SMILES string of the molecule is N#Cc1cnccc1C1CN(C(=O)[C@@H]2CC[C@@H]3CCC[C@H](NC(=O)c4cc5cc(C(F)P(=O)(O)O)ccc5s4)C(=O)N32)C1. The maximum absolute atomic E-state index is 14.2. The van der Waals surface area contributed by atoms with Crippen molar-refractivity contribution in [2.45, 2.75) is 62.1 Å². The summed E-state index contributed by atoms with van der Waals surface area (Å²) in [6.45, 7) is 0.928. The molecule has 1 aromatic carbocycles. The van der Waals surface area contributed by atoms with Crippen molar-refractivity contribution in [3.63, 3.8) is 0 Å². The molecule has 3 aromatic rings. The Hall–Kier alpha value is -3.69. The summed E-state index contributed by atoms with van der Waals surface area (Å²) >= 11 is 1.13. The van der Waals surface area contributed by atoms with Crippen LogP contribution in [-0.4, -0.2) is 73.5 Å². The Balaban J connectivity index is 1.14. The Labute approximate surface area is 250 Å². The minimum Gasteiger partial charge on any atom is -0.340 e. The zero-order chi connectivity index (χ0) is 30.5. The van der Waals surface area contributed by atoms with Crippen LogP contribution >= 0.6 is 18.9 Å². The van der Waals surface area contributed by atoms with E-state index < -0.39 is 31.5 Å². The van der Waals surface area contributed by atoms with Crippen molar-refractivity contribution >= 4 is 46.7 Å². The number of carbonyl (C=O) groups is 3. The number of fused-ring (bicyclic) bond motifs is 2. The molecule has 3 saturated heterocycles. The van der Waals surface area contributed by atoms with Crippen LogP contribution in [0.25, 0.3) is 10.1 Å². The van der Waals surface area contributed by atoms with E-state index in [-0.39, 0.29) is 34.2 Å². The molecule has 0 radical (unpaired) electrons. The second-order valence-electron chi connectivity index (χ2n) is 11.3. The molecule has 3 aliphatic heterocycles. The molecule has 3 fully saturated rings. The highest BCUT2D eigenvalue weighted by atomic mass is 32.1. The summed E-state index contributed by atoms with van der Waals surface area (Å²) in [5.74, 6) is -3.31. The lowest BCUT2D eigenvalue weighted by atomic mass is 9.88. The van der Waals surface area contributed by atoms with Crippen molar-refractivity contribution < 1.29 is 33.1 Å². The number of nitrogens with one attached hydrogen (secondary N) is 1. The second-order valence-corrected chi connectivity index (χ2v) is 14.0. The monoisotopic (exact) mass is 625 g/mol. The minimum atomic E-state index is -4.98. The third-order valence-corrected chi connectivity index (χ3v) is 10.6. The molecule has 0 aliphatic carbocycles. The normalized spacial score (nSPS) is 23.3. The van der Waals surface area contributed by atoms with Gasteiger partial charge in [-0.25, -0.2) is 4.39 Å².